The summed E-state index contributed by atoms with van der Waals surface area (Å²) >= 11 is 1.50. The molecule has 0 saturated heterocycles. The molecule has 0 bridgehead atoms. The first kappa shape index (κ1) is 18.8. The molecule has 146 valence electrons. The maximum absolute atomic E-state index is 13.9. The van der Waals surface area contributed by atoms with Crippen LogP contribution >= 0.6 is 11.3 Å². The SMILES string of the molecule is O=C(NCc1cn[nH]c1)Nc1ccc(Cc2nc(-c3ccccc3F)cs2)cc1. The summed E-state index contributed by atoms with van der Waals surface area (Å²) in [7, 11) is 0. The number of hydrogen-bond donors (Lipinski definition) is 3. The van der Waals surface area contributed by atoms with E-state index in [2.05, 4.69) is 25.8 Å². The van der Waals surface area contributed by atoms with Gasteiger partial charge < -0.3 is 10.6 Å². The number of nitrogens with zero attached hydrogens (tertiary/aromatic N) is 2. The van der Waals surface area contributed by atoms with Gasteiger partial charge in [0, 0.05) is 41.4 Å². The summed E-state index contributed by atoms with van der Waals surface area (Å²) in [6, 6.07) is 13.9. The van der Waals surface area contributed by atoms with E-state index in [4.69, 9.17) is 0 Å². The van der Waals surface area contributed by atoms with Gasteiger partial charge >= 0.3 is 6.03 Å². The average Bonchev–Trinajstić information content (AvgIpc) is 3.40. The van der Waals surface area contributed by atoms with Crippen LogP contribution in [-0.2, 0) is 13.0 Å². The molecule has 0 aliphatic carbocycles. The van der Waals surface area contributed by atoms with Gasteiger partial charge in [0.2, 0.25) is 0 Å². The van der Waals surface area contributed by atoms with Gasteiger partial charge in [-0.1, -0.05) is 24.3 Å². The van der Waals surface area contributed by atoms with Crippen LogP contribution in [0.2, 0.25) is 0 Å². The number of nitrogens with one attached hydrogen (secondary N) is 3. The molecule has 8 heteroatoms. The first-order valence-electron chi connectivity index (χ1n) is 8.98. The Hall–Kier alpha value is -3.52. The molecule has 4 aromatic rings. The number of aromatic amines is 1. The molecule has 4 rings (SSSR count). The first-order valence-corrected chi connectivity index (χ1v) is 9.86. The number of rotatable bonds is 6. The number of hydrogen-bond acceptors (Lipinski definition) is 4. The molecule has 0 fully saturated rings. The lowest BCUT2D eigenvalue weighted by Gasteiger charge is -2.07. The predicted octanol–water partition coefficient (Wildman–Crippen LogP) is 4.58. The molecule has 3 N–H and O–H groups in total. The second kappa shape index (κ2) is 8.66. The number of carbonyl (C=O) groups excluding carboxylic acids is 1. The van der Waals surface area contributed by atoms with Crippen molar-refractivity contribution in [2.75, 3.05) is 5.32 Å². The number of halogens is 1. The van der Waals surface area contributed by atoms with Crippen molar-refractivity contribution in [3.63, 3.8) is 0 Å². The summed E-state index contributed by atoms with van der Waals surface area (Å²) < 4.78 is 13.9. The lowest BCUT2D eigenvalue weighted by atomic mass is 10.1. The van der Waals surface area contributed by atoms with E-state index < -0.39 is 0 Å². The summed E-state index contributed by atoms with van der Waals surface area (Å²) in [5.41, 5.74) is 3.81. The van der Waals surface area contributed by atoms with Crippen molar-refractivity contribution in [2.24, 2.45) is 0 Å². The minimum atomic E-state index is -0.284. The van der Waals surface area contributed by atoms with Gasteiger partial charge in [0.15, 0.2) is 0 Å². The Kier molecular flexibility index (Phi) is 5.62. The highest BCUT2D eigenvalue weighted by Gasteiger charge is 2.09. The highest BCUT2D eigenvalue weighted by atomic mass is 32.1. The first-order chi connectivity index (χ1) is 14.2. The molecule has 0 aliphatic rings. The van der Waals surface area contributed by atoms with Gasteiger partial charge in [-0.05, 0) is 29.8 Å². The zero-order valence-corrected chi connectivity index (χ0v) is 16.2. The lowest BCUT2D eigenvalue weighted by molar-refractivity contribution is 0.251. The Morgan fingerprint density at radius 2 is 1.93 bits per heavy atom. The molecule has 0 saturated carbocycles. The summed E-state index contributed by atoms with van der Waals surface area (Å²) in [4.78, 5) is 16.5. The van der Waals surface area contributed by atoms with Crippen LogP contribution in [0.25, 0.3) is 11.3 Å². The molecule has 2 amide bonds. The van der Waals surface area contributed by atoms with E-state index in [0.29, 0.717) is 29.9 Å². The fraction of sp³-hybridized carbons (Fsp3) is 0.0952. The van der Waals surface area contributed by atoms with Gasteiger partial charge in [-0.25, -0.2) is 14.2 Å². The summed E-state index contributed by atoms with van der Waals surface area (Å²) in [6.45, 7) is 0.398. The molecule has 6 nitrogen and oxygen atoms in total. The van der Waals surface area contributed by atoms with Crippen LogP contribution in [-0.4, -0.2) is 21.2 Å². The minimum Gasteiger partial charge on any atom is -0.334 e. The van der Waals surface area contributed by atoms with Crippen LogP contribution < -0.4 is 10.6 Å². The van der Waals surface area contributed by atoms with E-state index in [1.807, 2.05) is 29.6 Å². The van der Waals surface area contributed by atoms with Crippen molar-refractivity contribution in [3.05, 3.63) is 88.3 Å². The normalized spacial score (nSPS) is 10.7. The molecular weight excluding hydrogens is 389 g/mol. The third kappa shape index (κ3) is 4.85. The molecule has 29 heavy (non-hydrogen) atoms. The Bertz CT molecular complexity index is 1090. The third-order valence-corrected chi connectivity index (χ3v) is 5.13. The molecule has 0 aliphatic heterocycles. The summed E-state index contributed by atoms with van der Waals surface area (Å²) in [5.74, 6) is -0.272. The van der Waals surface area contributed by atoms with Crippen LogP contribution in [0.5, 0.6) is 0 Å². The molecule has 0 spiro atoms. The maximum Gasteiger partial charge on any atom is 0.319 e. The van der Waals surface area contributed by atoms with Crippen LogP contribution in [0, 0.1) is 5.82 Å². The van der Waals surface area contributed by atoms with Crippen LogP contribution in [0.3, 0.4) is 0 Å². The molecule has 2 heterocycles. The minimum absolute atomic E-state index is 0.272. The number of carbonyl (C=O) groups is 1. The zero-order chi connectivity index (χ0) is 20.1. The van der Waals surface area contributed by atoms with Gasteiger partial charge in [-0.2, -0.15) is 5.10 Å². The Balaban J connectivity index is 1.34. The maximum atomic E-state index is 13.9. The van der Waals surface area contributed by atoms with Gasteiger partial charge in [-0.3, -0.25) is 5.10 Å². The number of urea groups is 1. The fourth-order valence-electron chi connectivity index (χ4n) is 2.80. The van der Waals surface area contributed by atoms with Gasteiger partial charge in [0.1, 0.15) is 5.82 Å². The fourth-order valence-corrected chi connectivity index (χ4v) is 3.63. The van der Waals surface area contributed by atoms with Crippen molar-refractivity contribution < 1.29 is 9.18 Å². The van der Waals surface area contributed by atoms with Gasteiger partial charge in [0.25, 0.3) is 0 Å². The number of anilines is 1. The summed E-state index contributed by atoms with van der Waals surface area (Å²) in [5, 5.41) is 14.9. The standard InChI is InChI=1S/C21H18FN5OS/c22-18-4-2-1-3-17(18)19-13-29-20(27-19)9-14-5-7-16(8-6-14)26-21(28)23-10-15-11-24-25-12-15/h1-8,11-13H,9-10H2,(H,24,25)(H2,23,26,28). The third-order valence-electron chi connectivity index (χ3n) is 4.28. The van der Waals surface area contributed by atoms with Crippen molar-refractivity contribution >= 4 is 23.1 Å². The molecule has 0 radical (unpaired) electrons. The second-order valence-electron chi connectivity index (χ2n) is 6.39. The number of amides is 2. The molecule has 0 unspecified atom stereocenters. The highest BCUT2D eigenvalue weighted by molar-refractivity contribution is 7.10. The van der Waals surface area contributed by atoms with E-state index in [9.17, 15) is 9.18 Å². The molecular formula is C21H18FN5OS. The van der Waals surface area contributed by atoms with Gasteiger partial charge in [0.05, 0.1) is 16.9 Å². The quantitative estimate of drug-likeness (QED) is 0.437. The second-order valence-corrected chi connectivity index (χ2v) is 7.34. The predicted molar refractivity (Wildman–Crippen MR) is 111 cm³/mol. The van der Waals surface area contributed by atoms with Crippen LogP contribution in [0.15, 0.2) is 66.3 Å². The number of aromatic nitrogens is 3. The van der Waals surface area contributed by atoms with Crippen molar-refractivity contribution in [3.8, 4) is 11.3 Å². The van der Waals surface area contributed by atoms with Crippen molar-refractivity contribution in [1.29, 1.82) is 0 Å². The smallest absolute Gasteiger partial charge is 0.319 e. The number of thiazole rings is 1. The van der Waals surface area contributed by atoms with Gasteiger partial charge in [-0.15, -0.1) is 11.3 Å². The van der Waals surface area contributed by atoms with E-state index >= 15 is 0 Å². The van der Waals surface area contributed by atoms with E-state index in [1.165, 1.54) is 17.4 Å². The van der Waals surface area contributed by atoms with Crippen LogP contribution in [0.4, 0.5) is 14.9 Å². The van der Waals surface area contributed by atoms with E-state index in [-0.39, 0.29) is 11.8 Å². The molecule has 2 aromatic heterocycles. The zero-order valence-electron chi connectivity index (χ0n) is 15.4. The Morgan fingerprint density at radius 3 is 2.69 bits per heavy atom. The van der Waals surface area contributed by atoms with Crippen LogP contribution in [0.1, 0.15) is 16.1 Å². The van der Waals surface area contributed by atoms with E-state index in [1.54, 1.807) is 30.6 Å². The highest BCUT2D eigenvalue weighted by Crippen LogP contribution is 2.25. The largest absolute Gasteiger partial charge is 0.334 e. The summed E-state index contributed by atoms with van der Waals surface area (Å²) in [6.07, 6.45) is 4.03. The molecule has 2 aromatic carbocycles. The Labute approximate surface area is 170 Å². The topological polar surface area (TPSA) is 82.7 Å². The van der Waals surface area contributed by atoms with Crippen molar-refractivity contribution in [1.82, 2.24) is 20.5 Å². The van der Waals surface area contributed by atoms with E-state index in [0.717, 1.165) is 16.1 Å². The van der Waals surface area contributed by atoms with Crippen molar-refractivity contribution in [2.45, 2.75) is 13.0 Å². The Morgan fingerprint density at radius 1 is 1.10 bits per heavy atom. The lowest BCUT2D eigenvalue weighted by Crippen LogP contribution is -2.27. The monoisotopic (exact) mass is 407 g/mol. The number of benzene rings is 2. The molecule has 0 atom stereocenters. The average molecular weight is 407 g/mol. The number of H-pyrrole nitrogens is 1.